The third-order valence-electron chi connectivity index (χ3n) is 3.23. The highest BCUT2D eigenvalue weighted by molar-refractivity contribution is 9.11. The van der Waals surface area contributed by atoms with Gasteiger partial charge in [0, 0.05) is 21.1 Å². The van der Waals surface area contributed by atoms with Crippen molar-refractivity contribution in [1.82, 2.24) is 10.2 Å². The van der Waals surface area contributed by atoms with Crippen molar-refractivity contribution in [1.29, 1.82) is 0 Å². The van der Waals surface area contributed by atoms with Gasteiger partial charge in [-0.15, -0.1) is 0 Å². The van der Waals surface area contributed by atoms with Crippen LogP contribution < -0.4 is 5.32 Å². The lowest BCUT2D eigenvalue weighted by atomic mass is 10.1. The molecule has 21 heavy (non-hydrogen) atoms. The molecule has 1 atom stereocenters. The topological polar surface area (TPSA) is 53.9 Å². The molecular formula is C14H17Br2N3O2. The first-order valence-corrected chi connectivity index (χ1v) is 8.35. The molecule has 1 amide bonds. The van der Waals surface area contributed by atoms with E-state index in [0.29, 0.717) is 19.1 Å². The number of ether oxygens (including phenoxy) is 1. The highest BCUT2D eigenvalue weighted by atomic mass is 79.9. The van der Waals surface area contributed by atoms with Crippen LogP contribution in [0.1, 0.15) is 25.5 Å². The molecule has 1 heterocycles. The van der Waals surface area contributed by atoms with Gasteiger partial charge in [0.1, 0.15) is 0 Å². The minimum Gasteiger partial charge on any atom is -0.450 e. The molecule has 2 rings (SSSR count). The number of aliphatic imine (C=N–C) groups is 1. The predicted molar refractivity (Wildman–Crippen MR) is 89.4 cm³/mol. The van der Waals surface area contributed by atoms with Crippen LogP contribution in [0.4, 0.5) is 4.79 Å². The number of halogens is 2. The van der Waals surface area contributed by atoms with Crippen molar-refractivity contribution in [2.75, 3.05) is 19.7 Å². The Bertz CT molecular complexity index is 543. The van der Waals surface area contributed by atoms with Gasteiger partial charge in [-0.3, -0.25) is 10.3 Å². The summed E-state index contributed by atoms with van der Waals surface area (Å²) in [4.78, 5) is 18.1. The summed E-state index contributed by atoms with van der Waals surface area (Å²) in [7, 11) is 0. The van der Waals surface area contributed by atoms with Gasteiger partial charge in [0.15, 0.2) is 0 Å². The highest BCUT2D eigenvalue weighted by Gasteiger charge is 2.31. The second-order valence-corrected chi connectivity index (χ2v) is 6.16. The quantitative estimate of drug-likeness (QED) is 0.814. The lowest BCUT2D eigenvalue weighted by molar-refractivity contribution is 0.156. The van der Waals surface area contributed by atoms with E-state index in [-0.39, 0.29) is 6.04 Å². The zero-order valence-corrected chi connectivity index (χ0v) is 15.1. The number of hydrogen-bond acceptors (Lipinski definition) is 4. The molecule has 7 heteroatoms. The lowest BCUT2D eigenvalue weighted by Crippen LogP contribution is -2.43. The highest BCUT2D eigenvalue weighted by Crippen LogP contribution is 2.36. The van der Waals surface area contributed by atoms with Crippen LogP contribution in [0, 0.1) is 0 Å². The first-order chi connectivity index (χ1) is 10.1. The van der Waals surface area contributed by atoms with Crippen LogP contribution in [0.3, 0.4) is 0 Å². The van der Waals surface area contributed by atoms with E-state index in [0.717, 1.165) is 21.1 Å². The van der Waals surface area contributed by atoms with Gasteiger partial charge in [-0.05, 0) is 26.0 Å². The molecular weight excluding hydrogens is 402 g/mol. The van der Waals surface area contributed by atoms with Crippen molar-refractivity contribution in [2.24, 2.45) is 4.99 Å². The molecule has 0 spiro atoms. The maximum Gasteiger partial charge on any atom is 0.413 e. The molecule has 1 N–H and O–H groups in total. The van der Waals surface area contributed by atoms with Gasteiger partial charge in [-0.1, -0.05) is 37.9 Å². The number of likely N-dealkylation sites (N-methyl/N-ethyl adjacent to an activating group) is 1. The summed E-state index contributed by atoms with van der Waals surface area (Å²) < 4.78 is 6.95. The smallest absolute Gasteiger partial charge is 0.413 e. The number of benzene rings is 1. The van der Waals surface area contributed by atoms with Crippen molar-refractivity contribution in [3.8, 4) is 0 Å². The van der Waals surface area contributed by atoms with Gasteiger partial charge < -0.3 is 9.64 Å². The SMILES string of the molecule is CCOC(=O)NC1=NCC(c2c(Br)cccc2Br)N1CC. The number of nitrogens with one attached hydrogen (secondary N) is 1. The van der Waals surface area contributed by atoms with E-state index < -0.39 is 6.09 Å². The molecule has 0 aromatic heterocycles. The number of alkyl carbamates (subject to hydrolysis) is 1. The zero-order chi connectivity index (χ0) is 15.4. The number of guanidine groups is 1. The van der Waals surface area contributed by atoms with Gasteiger partial charge in [0.2, 0.25) is 5.96 Å². The molecule has 0 radical (unpaired) electrons. The largest absolute Gasteiger partial charge is 0.450 e. The van der Waals surface area contributed by atoms with Crippen LogP contribution in [0.5, 0.6) is 0 Å². The van der Waals surface area contributed by atoms with Crippen LogP contribution >= 0.6 is 31.9 Å². The maximum absolute atomic E-state index is 11.6. The fourth-order valence-corrected chi connectivity index (χ4v) is 3.85. The van der Waals surface area contributed by atoms with Crippen molar-refractivity contribution in [3.05, 3.63) is 32.7 Å². The summed E-state index contributed by atoms with van der Waals surface area (Å²) in [5.41, 5.74) is 1.13. The standard InChI is InChI=1S/C14H17Br2N3O2/c1-3-19-11(12-9(15)6-5-7-10(12)16)8-17-13(19)18-14(20)21-4-2/h5-7,11H,3-4,8H2,1-2H3,(H,17,18,20). The minimum absolute atomic E-state index is 0.0804. The fourth-order valence-electron chi connectivity index (χ4n) is 2.33. The minimum atomic E-state index is -0.471. The average molecular weight is 419 g/mol. The molecule has 1 aliphatic rings. The van der Waals surface area contributed by atoms with Crippen LogP contribution in [0.15, 0.2) is 32.1 Å². The Morgan fingerprint density at radius 3 is 2.67 bits per heavy atom. The monoisotopic (exact) mass is 417 g/mol. The summed E-state index contributed by atoms with van der Waals surface area (Å²) >= 11 is 7.18. The molecule has 0 bridgehead atoms. The van der Waals surface area contributed by atoms with E-state index in [4.69, 9.17) is 4.74 Å². The number of hydrogen-bond donors (Lipinski definition) is 1. The molecule has 0 saturated carbocycles. The molecule has 1 unspecified atom stereocenters. The van der Waals surface area contributed by atoms with E-state index in [1.807, 2.05) is 25.1 Å². The number of amides is 1. The number of carbonyl (C=O) groups excluding carboxylic acids is 1. The number of carbonyl (C=O) groups is 1. The Kier molecular flexibility index (Phi) is 5.64. The third-order valence-corrected chi connectivity index (χ3v) is 4.61. The molecule has 1 aliphatic heterocycles. The van der Waals surface area contributed by atoms with Crippen molar-refractivity contribution >= 4 is 43.9 Å². The van der Waals surface area contributed by atoms with Gasteiger partial charge in [-0.2, -0.15) is 0 Å². The van der Waals surface area contributed by atoms with E-state index in [1.54, 1.807) is 6.92 Å². The molecule has 0 saturated heterocycles. The molecule has 0 fully saturated rings. The third kappa shape index (κ3) is 3.58. The fraction of sp³-hybridized carbons (Fsp3) is 0.429. The van der Waals surface area contributed by atoms with E-state index in [2.05, 4.69) is 47.1 Å². The number of nitrogens with zero attached hydrogens (tertiary/aromatic N) is 2. The second kappa shape index (κ2) is 7.26. The van der Waals surface area contributed by atoms with Crippen molar-refractivity contribution in [3.63, 3.8) is 0 Å². The van der Waals surface area contributed by atoms with E-state index in [9.17, 15) is 4.79 Å². The summed E-state index contributed by atoms with van der Waals surface area (Å²) in [6.45, 7) is 5.48. The zero-order valence-electron chi connectivity index (χ0n) is 11.9. The van der Waals surface area contributed by atoms with Gasteiger partial charge in [0.05, 0.1) is 19.2 Å². The Hall–Kier alpha value is -1.08. The van der Waals surface area contributed by atoms with E-state index >= 15 is 0 Å². The predicted octanol–water partition coefficient (Wildman–Crippen LogP) is 3.69. The summed E-state index contributed by atoms with van der Waals surface area (Å²) in [6.07, 6.45) is -0.471. The Labute approximate surface area is 141 Å². The Balaban J connectivity index is 2.20. The van der Waals surface area contributed by atoms with Crippen LogP contribution in [0.25, 0.3) is 0 Å². The molecule has 0 aliphatic carbocycles. The summed E-state index contributed by atoms with van der Waals surface area (Å²) in [5.74, 6) is 0.559. The van der Waals surface area contributed by atoms with Crippen molar-refractivity contribution in [2.45, 2.75) is 19.9 Å². The number of rotatable bonds is 3. The van der Waals surface area contributed by atoms with E-state index in [1.165, 1.54) is 0 Å². The summed E-state index contributed by atoms with van der Waals surface area (Å²) in [5, 5.41) is 2.70. The Morgan fingerprint density at radius 2 is 2.10 bits per heavy atom. The van der Waals surface area contributed by atoms with Gasteiger partial charge >= 0.3 is 6.09 Å². The molecule has 114 valence electrons. The van der Waals surface area contributed by atoms with Crippen LogP contribution in [-0.4, -0.2) is 36.6 Å². The van der Waals surface area contributed by atoms with Crippen LogP contribution in [-0.2, 0) is 4.74 Å². The molecule has 5 nitrogen and oxygen atoms in total. The normalized spacial score (nSPS) is 17.6. The van der Waals surface area contributed by atoms with Gasteiger partial charge in [-0.25, -0.2) is 4.79 Å². The van der Waals surface area contributed by atoms with Gasteiger partial charge in [0.25, 0.3) is 0 Å². The molecule has 1 aromatic rings. The first-order valence-electron chi connectivity index (χ1n) is 6.77. The average Bonchev–Trinajstić information content (AvgIpc) is 2.81. The second-order valence-electron chi connectivity index (χ2n) is 4.45. The first kappa shape index (κ1) is 16.3. The Morgan fingerprint density at radius 1 is 1.43 bits per heavy atom. The maximum atomic E-state index is 11.6. The van der Waals surface area contributed by atoms with Crippen LogP contribution in [0.2, 0.25) is 0 Å². The molecule has 1 aromatic carbocycles. The van der Waals surface area contributed by atoms with Crippen molar-refractivity contribution < 1.29 is 9.53 Å². The summed E-state index contributed by atoms with van der Waals surface area (Å²) in [6, 6.07) is 6.06. The lowest BCUT2D eigenvalue weighted by Gasteiger charge is -2.28.